The second-order valence-electron chi connectivity index (χ2n) is 8.42. The number of benzene rings is 2. The van der Waals surface area contributed by atoms with Crippen LogP contribution in [-0.4, -0.2) is 52.5 Å². The third-order valence-corrected chi connectivity index (χ3v) is 6.51. The first-order chi connectivity index (χ1) is 17.8. The van der Waals surface area contributed by atoms with E-state index in [0.29, 0.717) is 40.1 Å². The zero-order chi connectivity index (χ0) is 26.9. The average Bonchev–Trinajstić information content (AvgIpc) is 3.32. The Labute approximate surface area is 220 Å². The number of rotatable bonds is 11. The van der Waals surface area contributed by atoms with E-state index >= 15 is 0 Å². The second kappa shape index (κ2) is 12.9. The van der Waals surface area contributed by atoms with E-state index < -0.39 is 5.97 Å². The third-order valence-electron chi connectivity index (χ3n) is 5.55. The van der Waals surface area contributed by atoms with Gasteiger partial charge in [-0.15, -0.1) is 10.2 Å². The third kappa shape index (κ3) is 7.10. The second-order valence-corrected chi connectivity index (χ2v) is 9.36. The fourth-order valence-electron chi connectivity index (χ4n) is 3.60. The van der Waals surface area contributed by atoms with Crippen LogP contribution in [0.5, 0.6) is 5.75 Å². The van der Waals surface area contributed by atoms with E-state index in [4.69, 9.17) is 9.47 Å². The maximum Gasteiger partial charge on any atom is 0.337 e. The lowest BCUT2D eigenvalue weighted by Crippen LogP contribution is -2.33. The Bertz CT molecular complexity index is 1240. The van der Waals surface area contributed by atoms with Gasteiger partial charge in [0.25, 0.3) is 5.91 Å². The fraction of sp³-hybridized carbons (Fsp3) is 0.346. The van der Waals surface area contributed by atoms with Crippen LogP contribution in [0.4, 0.5) is 5.69 Å². The Kier molecular flexibility index (Phi) is 9.67. The molecule has 2 aromatic carbocycles. The topological polar surface area (TPSA) is 124 Å². The van der Waals surface area contributed by atoms with Crippen LogP contribution in [0.15, 0.2) is 53.7 Å². The van der Waals surface area contributed by atoms with E-state index in [1.165, 1.54) is 18.9 Å². The molecular formula is C26H31N5O5S. The van der Waals surface area contributed by atoms with Gasteiger partial charge in [0.2, 0.25) is 5.91 Å². The molecule has 3 rings (SSSR count). The lowest BCUT2D eigenvalue weighted by atomic mass is 10.0. The summed E-state index contributed by atoms with van der Waals surface area (Å²) in [4.78, 5) is 37.2. The summed E-state index contributed by atoms with van der Waals surface area (Å²) in [5.41, 5.74) is 1.35. The quantitative estimate of drug-likeness (QED) is 0.285. The van der Waals surface area contributed by atoms with Crippen molar-refractivity contribution in [2.24, 2.45) is 5.92 Å². The van der Waals surface area contributed by atoms with Gasteiger partial charge in [-0.05, 0) is 55.3 Å². The summed E-state index contributed by atoms with van der Waals surface area (Å²) in [5, 5.41) is 15.1. The zero-order valence-electron chi connectivity index (χ0n) is 21.5. The van der Waals surface area contributed by atoms with Gasteiger partial charge in [-0.3, -0.25) is 9.59 Å². The minimum Gasteiger partial charge on any atom is -0.497 e. The van der Waals surface area contributed by atoms with Gasteiger partial charge in [-0.25, -0.2) is 4.79 Å². The molecule has 0 saturated carbocycles. The van der Waals surface area contributed by atoms with Crippen molar-refractivity contribution in [2.75, 3.05) is 25.3 Å². The van der Waals surface area contributed by atoms with Gasteiger partial charge >= 0.3 is 5.97 Å². The van der Waals surface area contributed by atoms with Crippen molar-refractivity contribution in [1.29, 1.82) is 0 Å². The molecule has 0 radical (unpaired) electrons. The summed E-state index contributed by atoms with van der Waals surface area (Å²) in [6.45, 7) is 6.51. The highest BCUT2D eigenvalue weighted by Gasteiger charge is 2.26. The molecule has 2 N–H and O–H groups in total. The number of ether oxygens (including phenoxy) is 2. The Morgan fingerprint density at radius 3 is 2.38 bits per heavy atom. The summed E-state index contributed by atoms with van der Waals surface area (Å²) < 4.78 is 11.8. The first-order valence-corrected chi connectivity index (χ1v) is 12.7. The van der Waals surface area contributed by atoms with Crippen LogP contribution in [0.3, 0.4) is 0 Å². The number of hydrogen-bond donors (Lipinski definition) is 2. The number of nitrogens with one attached hydrogen (secondary N) is 2. The van der Waals surface area contributed by atoms with E-state index in [9.17, 15) is 14.4 Å². The maximum atomic E-state index is 12.9. The van der Waals surface area contributed by atoms with Gasteiger partial charge in [0.05, 0.1) is 31.6 Å². The van der Waals surface area contributed by atoms with Gasteiger partial charge in [0.1, 0.15) is 5.75 Å². The van der Waals surface area contributed by atoms with Crippen molar-refractivity contribution in [1.82, 2.24) is 20.1 Å². The normalized spacial score (nSPS) is 11.6. The predicted octanol–water partition coefficient (Wildman–Crippen LogP) is 3.95. The Balaban J connectivity index is 1.69. The smallest absolute Gasteiger partial charge is 0.337 e. The molecule has 37 heavy (non-hydrogen) atoms. The highest BCUT2D eigenvalue weighted by atomic mass is 32.2. The predicted molar refractivity (Wildman–Crippen MR) is 141 cm³/mol. The van der Waals surface area contributed by atoms with Crippen molar-refractivity contribution in [3.63, 3.8) is 0 Å². The van der Waals surface area contributed by atoms with Crippen LogP contribution >= 0.6 is 11.8 Å². The van der Waals surface area contributed by atoms with Crippen LogP contribution in [0.2, 0.25) is 0 Å². The first kappa shape index (κ1) is 27.7. The molecule has 0 unspecified atom stereocenters. The summed E-state index contributed by atoms with van der Waals surface area (Å²) in [5.74, 6) is 0.457. The molecule has 0 aliphatic heterocycles. The number of aromatic nitrogens is 3. The molecule has 2 amide bonds. The molecule has 0 fully saturated rings. The Hall–Kier alpha value is -3.86. The van der Waals surface area contributed by atoms with Gasteiger partial charge in [0, 0.05) is 17.8 Å². The molecule has 0 spiro atoms. The van der Waals surface area contributed by atoms with Crippen molar-refractivity contribution >= 4 is 35.2 Å². The van der Waals surface area contributed by atoms with E-state index in [-0.39, 0.29) is 29.5 Å². The van der Waals surface area contributed by atoms with Crippen LogP contribution in [0.1, 0.15) is 53.4 Å². The molecule has 1 aromatic heterocycles. The standard InChI is InChI=1S/C26H31N5O5S/c1-6-31-23(22(16(2)3)28-24(33)17-10-12-20(35-4)13-11-17)29-30-26(31)37-15-21(32)27-19-9-7-8-18(14-19)25(34)36-5/h7-14,16,22H,6,15H2,1-5H3,(H,27,32)(H,28,33)/t22-/m1/s1. The molecular weight excluding hydrogens is 494 g/mol. The van der Waals surface area contributed by atoms with Gasteiger partial charge < -0.3 is 24.7 Å². The number of hydrogen-bond acceptors (Lipinski definition) is 8. The van der Waals surface area contributed by atoms with Crippen LogP contribution < -0.4 is 15.4 Å². The number of esters is 1. The van der Waals surface area contributed by atoms with Gasteiger partial charge in [0.15, 0.2) is 11.0 Å². The lowest BCUT2D eigenvalue weighted by Gasteiger charge is -2.22. The maximum absolute atomic E-state index is 12.9. The molecule has 0 aliphatic rings. The highest BCUT2D eigenvalue weighted by molar-refractivity contribution is 7.99. The molecule has 1 heterocycles. The molecule has 10 nitrogen and oxygen atoms in total. The minimum absolute atomic E-state index is 0.0416. The van der Waals surface area contributed by atoms with Crippen molar-refractivity contribution in [3.05, 3.63) is 65.5 Å². The Morgan fingerprint density at radius 2 is 1.76 bits per heavy atom. The SMILES string of the molecule is CCn1c(SCC(=O)Nc2cccc(C(=O)OC)c2)nnc1[C@H](NC(=O)c1ccc(OC)cc1)C(C)C. The minimum atomic E-state index is -0.479. The number of amides is 2. The number of nitrogens with zero attached hydrogens (tertiary/aromatic N) is 3. The van der Waals surface area contributed by atoms with Gasteiger partial charge in [-0.2, -0.15) is 0 Å². The van der Waals surface area contributed by atoms with E-state index in [0.717, 1.165) is 0 Å². The van der Waals surface area contributed by atoms with E-state index in [1.807, 2.05) is 25.3 Å². The largest absolute Gasteiger partial charge is 0.497 e. The number of carbonyl (C=O) groups excluding carboxylic acids is 3. The summed E-state index contributed by atoms with van der Waals surface area (Å²) in [6.07, 6.45) is 0. The molecule has 0 saturated heterocycles. The molecule has 0 aliphatic carbocycles. The number of anilines is 1. The van der Waals surface area contributed by atoms with Crippen molar-refractivity contribution in [2.45, 2.75) is 38.5 Å². The molecule has 11 heteroatoms. The van der Waals surface area contributed by atoms with Crippen LogP contribution in [-0.2, 0) is 16.1 Å². The van der Waals surface area contributed by atoms with Crippen molar-refractivity contribution in [3.8, 4) is 5.75 Å². The van der Waals surface area contributed by atoms with Crippen LogP contribution in [0, 0.1) is 5.92 Å². The number of carbonyl (C=O) groups is 3. The van der Waals surface area contributed by atoms with E-state index in [2.05, 4.69) is 20.8 Å². The van der Waals surface area contributed by atoms with Crippen molar-refractivity contribution < 1.29 is 23.9 Å². The highest BCUT2D eigenvalue weighted by Crippen LogP contribution is 2.26. The molecule has 1 atom stereocenters. The number of thioether (sulfide) groups is 1. The summed E-state index contributed by atoms with van der Waals surface area (Å²) in [7, 11) is 2.87. The Morgan fingerprint density at radius 1 is 1.03 bits per heavy atom. The van der Waals surface area contributed by atoms with E-state index in [1.54, 1.807) is 55.6 Å². The number of methoxy groups -OCH3 is 2. The average molecular weight is 526 g/mol. The van der Waals surface area contributed by atoms with Crippen LogP contribution in [0.25, 0.3) is 0 Å². The fourth-order valence-corrected chi connectivity index (χ4v) is 4.41. The summed E-state index contributed by atoms with van der Waals surface area (Å²) in [6, 6.07) is 13.0. The molecule has 196 valence electrons. The first-order valence-electron chi connectivity index (χ1n) is 11.8. The molecule has 3 aromatic rings. The lowest BCUT2D eigenvalue weighted by molar-refractivity contribution is -0.113. The zero-order valence-corrected chi connectivity index (χ0v) is 22.3. The summed E-state index contributed by atoms with van der Waals surface area (Å²) >= 11 is 1.24. The monoisotopic (exact) mass is 525 g/mol. The molecule has 0 bridgehead atoms. The van der Waals surface area contributed by atoms with Gasteiger partial charge in [-0.1, -0.05) is 31.7 Å².